The average molecular weight is 398 g/mol. The molecule has 0 spiro atoms. The Bertz CT molecular complexity index is 1010. The molecule has 152 valence electrons. The molecule has 0 radical (unpaired) electrons. The van der Waals surface area contributed by atoms with Crippen molar-refractivity contribution in [3.8, 4) is 22.7 Å². The number of aryl methyl sites for hydroxylation is 1. The molecule has 1 saturated carbocycles. The first-order valence-corrected chi connectivity index (χ1v) is 9.77. The molecule has 0 saturated heterocycles. The second-order valence-corrected chi connectivity index (χ2v) is 7.69. The van der Waals surface area contributed by atoms with Crippen LogP contribution < -0.4 is 4.74 Å². The van der Waals surface area contributed by atoms with Crippen LogP contribution in [-0.2, 0) is 5.60 Å². The summed E-state index contributed by atoms with van der Waals surface area (Å²) in [5, 5.41) is 15.8. The molecule has 4 nitrogen and oxygen atoms in total. The minimum absolute atomic E-state index is 0.303. The number of rotatable bonds is 4. The van der Waals surface area contributed by atoms with Crippen molar-refractivity contribution in [3.63, 3.8) is 0 Å². The van der Waals surface area contributed by atoms with Crippen LogP contribution in [0.15, 0.2) is 48.5 Å². The molecule has 29 heavy (non-hydrogen) atoms. The molecular formula is C23H24F2N2O2. The van der Waals surface area contributed by atoms with Crippen LogP contribution in [0.5, 0.6) is 5.75 Å². The summed E-state index contributed by atoms with van der Waals surface area (Å²) in [6.07, 6.45) is 0.357. The van der Waals surface area contributed by atoms with Crippen molar-refractivity contribution in [3.05, 3.63) is 65.6 Å². The van der Waals surface area contributed by atoms with Crippen LogP contribution in [0.4, 0.5) is 8.78 Å². The number of hydrogen-bond acceptors (Lipinski definition) is 3. The Morgan fingerprint density at radius 1 is 1.10 bits per heavy atom. The number of aliphatic hydroxyl groups is 1. The van der Waals surface area contributed by atoms with Crippen LogP contribution in [0.2, 0.25) is 0 Å². The van der Waals surface area contributed by atoms with Crippen LogP contribution in [0.3, 0.4) is 0 Å². The molecule has 1 aromatic heterocycles. The van der Waals surface area contributed by atoms with E-state index in [0.29, 0.717) is 53.9 Å². The number of hydrogen-bond donors (Lipinski definition) is 1. The van der Waals surface area contributed by atoms with Crippen molar-refractivity contribution in [2.75, 3.05) is 7.11 Å². The van der Waals surface area contributed by atoms with Crippen molar-refractivity contribution in [2.24, 2.45) is 0 Å². The third-order valence-corrected chi connectivity index (χ3v) is 5.71. The predicted octanol–water partition coefficient (Wildman–Crippen LogP) is 5.10. The van der Waals surface area contributed by atoms with Gasteiger partial charge in [-0.2, -0.15) is 5.10 Å². The van der Waals surface area contributed by atoms with E-state index in [2.05, 4.69) is 5.10 Å². The van der Waals surface area contributed by atoms with E-state index in [1.807, 2.05) is 30.3 Å². The maximum absolute atomic E-state index is 14.2. The van der Waals surface area contributed by atoms with Gasteiger partial charge < -0.3 is 9.84 Å². The van der Waals surface area contributed by atoms with E-state index in [1.54, 1.807) is 30.8 Å². The van der Waals surface area contributed by atoms with E-state index in [9.17, 15) is 13.9 Å². The van der Waals surface area contributed by atoms with Gasteiger partial charge >= 0.3 is 0 Å². The van der Waals surface area contributed by atoms with Crippen molar-refractivity contribution in [1.82, 2.24) is 9.78 Å². The highest BCUT2D eigenvalue weighted by atomic mass is 19.1. The SMILES string of the molecule is COc1ccc(-n2nc(C3(O)CCC(F)CC3)cc2-c2ccc(C)c(F)c2)cc1. The van der Waals surface area contributed by atoms with Gasteiger partial charge in [-0.25, -0.2) is 13.5 Å². The van der Waals surface area contributed by atoms with Gasteiger partial charge in [0.15, 0.2) is 0 Å². The number of nitrogens with zero attached hydrogens (tertiary/aromatic N) is 2. The second-order valence-electron chi connectivity index (χ2n) is 7.69. The molecule has 0 aliphatic heterocycles. The topological polar surface area (TPSA) is 47.3 Å². The van der Waals surface area contributed by atoms with Crippen molar-refractivity contribution < 1.29 is 18.6 Å². The number of ether oxygens (including phenoxy) is 1. The van der Waals surface area contributed by atoms with Gasteiger partial charge in [-0.05, 0) is 74.6 Å². The van der Waals surface area contributed by atoms with Crippen molar-refractivity contribution in [2.45, 2.75) is 44.4 Å². The Morgan fingerprint density at radius 2 is 1.79 bits per heavy atom. The number of benzene rings is 2. The summed E-state index contributed by atoms with van der Waals surface area (Å²) in [7, 11) is 1.60. The third-order valence-electron chi connectivity index (χ3n) is 5.71. The second kappa shape index (κ2) is 7.59. The molecule has 1 aliphatic carbocycles. The Hall–Kier alpha value is -2.73. The first-order valence-electron chi connectivity index (χ1n) is 9.77. The molecule has 1 fully saturated rings. The highest BCUT2D eigenvalue weighted by Gasteiger charge is 2.37. The molecule has 1 N–H and O–H groups in total. The Balaban J connectivity index is 1.83. The lowest BCUT2D eigenvalue weighted by molar-refractivity contribution is -0.0233. The summed E-state index contributed by atoms with van der Waals surface area (Å²) in [5.74, 6) is 0.409. The summed E-state index contributed by atoms with van der Waals surface area (Å²) in [5.41, 5.74) is 1.94. The minimum Gasteiger partial charge on any atom is -0.497 e. The van der Waals surface area contributed by atoms with Crippen LogP contribution in [0.25, 0.3) is 16.9 Å². The van der Waals surface area contributed by atoms with E-state index >= 15 is 0 Å². The van der Waals surface area contributed by atoms with Crippen molar-refractivity contribution in [1.29, 1.82) is 0 Å². The summed E-state index contributed by atoms with van der Waals surface area (Å²) >= 11 is 0. The number of methoxy groups -OCH3 is 1. The van der Waals surface area contributed by atoms with Crippen molar-refractivity contribution >= 4 is 0 Å². The zero-order chi connectivity index (χ0) is 20.6. The van der Waals surface area contributed by atoms with Gasteiger partial charge in [-0.3, -0.25) is 0 Å². The monoisotopic (exact) mass is 398 g/mol. The average Bonchev–Trinajstić information content (AvgIpc) is 3.19. The minimum atomic E-state index is -1.18. The fourth-order valence-corrected chi connectivity index (χ4v) is 3.80. The molecule has 2 aromatic carbocycles. The van der Waals surface area contributed by atoms with Gasteiger partial charge in [0.1, 0.15) is 23.3 Å². The van der Waals surface area contributed by atoms with Crippen LogP contribution in [0, 0.1) is 12.7 Å². The normalized spacial score (nSPS) is 21.9. The Labute approximate surface area is 168 Å². The highest BCUT2D eigenvalue weighted by molar-refractivity contribution is 5.64. The van der Waals surface area contributed by atoms with Gasteiger partial charge in [0.05, 0.1) is 24.2 Å². The van der Waals surface area contributed by atoms with Gasteiger partial charge in [0, 0.05) is 5.56 Å². The lowest BCUT2D eigenvalue weighted by atomic mass is 9.81. The molecule has 4 rings (SSSR count). The van der Waals surface area contributed by atoms with Gasteiger partial charge in [-0.15, -0.1) is 0 Å². The van der Waals surface area contributed by atoms with E-state index in [-0.39, 0.29) is 5.82 Å². The molecule has 3 aromatic rings. The number of halogens is 2. The standard InChI is InChI=1S/C23H24F2N2O2/c1-15-3-4-16(13-20(15)25)21-14-22(23(28)11-9-17(24)10-12-23)26-27(21)18-5-7-19(29-2)8-6-18/h3-8,13-14,17,28H,9-12H2,1-2H3. The Kier molecular flexibility index (Phi) is 5.13. The van der Waals surface area contributed by atoms with Crippen LogP contribution >= 0.6 is 0 Å². The molecule has 1 aliphatic rings. The molecule has 0 unspecified atom stereocenters. The summed E-state index contributed by atoms with van der Waals surface area (Å²) < 4.78 is 34.8. The first kappa shape index (κ1) is 19.6. The molecule has 0 atom stereocenters. The maximum Gasteiger partial charge on any atom is 0.126 e. The summed E-state index contributed by atoms with van der Waals surface area (Å²) in [6.45, 7) is 1.71. The third kappa shape index (κ3) is 3.77. The van der Waals surface area contributed by atoms with E-state index < -0.39 is 11.8 Å². The Morgan fingerprint density at radius 3 is 2.41 bits per heavy atom. The smallest absolute Gasteiger partial charge is 0.126 e. The first-order chi connectivity index (χ1) is 13.9. The quantitative estimate of drug-likeness (QED) is 0.666. The fourth-order valence-electron chi connectivity index (χ4n) is 3.80. The van der Waals surface area contributed by atoms with Crippen LogP contribution in [-0.4, -0.2) is 28.2 Å². The van der Waals surface area contributed by atoms with Gasteiger partial charge in [0.25, 0.3) is 0 Å². The molecule has 0 bridgehead atoms. The number of aromatic nitrogens is 2. The zero-order valence-corrected chi connectivity index (χ0v) is 16.5. The van der Waals surface area contributed by atoms with Gasteiger partial charge in [0.2, 0.25) is 0 Å². The largest absolute Gasteiger partial charge is 0.497 e. The van der Waals surface area contributed by atoms with Gasteiger partial charge in [-0.1, -0.05) is 12.1 Å². The summed E-state index contributed by atoms with van der Waals surface area (Å²) in [6, 6.07) is 14.2. The zero-order valence-electron chi connectivity index (χ0n) is 16.5. The summed E-state index contributed by atoms with van der Waals surface area (Å²) in [4.78, 5) is 0. The van der Waals surface area contributed by atoms with E-state index in [0.717, 1.165) is 5.69 Å². The fraction of sp³-hybridized carbons (Fsp3) is 0.348. The predicted molar refractivity (Wildman–Crippen MR) is 108 cm³/mol. The van der Waals surface area contributed by atoms with Crippen LogP contribution in [0.1, 0.15) is 36.9 Å². The molecule has 6 heteroatoms. The lowest BCUT2D eigenvalue weighted by Crippen LogP contribution is -2.32. The maximum atomic E-state index is 14.2. The molecule has 0 amide bonds. The lowest BCUT2D eigenvalue weighted by Gasteiger charge is -2.31. The number of alkyl halides is 1. The molecular weight excluding hydrogens is 374 g/mol. The van der Waals surface area contributed by atoms with E-state index in [4.69, 9.17) is 4.74 Å². The van der Waals surface area contributed by atoms with E-state index in [1.165, 1.54) is 6.07 Å². The highest BCUT2D eigenvalue weighted by Crippen LogP contribution is 2.39. The molecule has 1 heterocycles.